The van der Waals surface area contributed by atoms with Crippen LogP contribution >= 0.6 is 0 Å². The Kier molecular flexibility index (Phi) is 6.15. The third-order valence-electron chi connectivity index (χ3n) is 8.09. The van der Waals surface area contributed by atoms with Gasteiger partial charge in [0.1, 0.15) is 11.0 Å². The smallest absolute Gasteiger partial charge is 0.121 e. The van der Waals surface area contributed by atoms with Crippen molar-refractivity contribution >= 4 is 11.0 Å². The highest BCUT2D eigenvalue weighted by molar-refractivity contribution is 5.92. The monoisotopic (exact) mass is 507 g/mol. The number of para-hydroxylation sites is 1. The number of rotatable bonds is 6. The van der Waals surface area contributed by atoms with Crippen molar-refractivity contribution in [2.75, 3.05) is 0 Å². The van der Waals surface area contributed by atoms with Crippen LogP contribution in [0.15, 0.2) is 127 Å². The minimum Gasteiger partial charge on any atom is -0.150 e. The molecule has 0 atom stereocenters. The van der Waals surface area contributed by atoms with Gasteiger partial charge in [-0.2, -0.15) is 4.80 Å². The van der Waals surface area contributed by atoms with Gasteiger partial charge in [0.05, 0.1) is 5.69 Å². The van der Waals surface area contributed by atoms with E-state index < -0.39 is 0 Å². The summed E-state index contributed by atoms with van der Waals surface area (Å²) in [7, 11) is 0. The van der Waals surface area contributed by atoms with Crippen LogP contribution in [0.2, 0.25) is 0 Å². The van der Waals surface area contributed by atoms with E-state index in [1.807, 2.05) is 4.80 Å². The van der Waals surface area contributed by atoms with Crippen molar-refractivity contribution in [2.24, 2.45) is 0 Å². The highest BCUT2D eigenvalue weighted by Crippen LogP contribution is 2.40. The van der Waals surface area contributed by atoms with Gasteiger partial charge >= 0.3 is 0 Å². The van der Waals surface area contributed by atoms with E-state index >= 15 is 0 Å². The fraction of sp³-hybridized carbons (Fsp3) is 0.167. The number of aromatic nitrogens is 3. The van der Waals surface area contributed by atoms with Crippen LogP contribution in [-0.4, -0.2) is 15.0 Å². The van der Waals surface area contributed by atoms with Crippen LogP contribution < -0.4 is 0 Å². The summed E-state index contributed by atoms with van der Waals surface area (Å²) >= 11 is 0. The van der Waals surface area contributed by atoms with E-state index in [9.17, 15) is 0 Å². The Bertz CT molecular complexity index is 1750. The highest BCUT2D eigenvalue weighted by Gasteiger charge is 2.29. The third-order valence-corrected chi connectivity index (χ3v) is 8.09. The lowest BCUT2D eigenvalue weighted by Crippen LogP contribution is -2.22. The fourth-order valence-electron chi connectivity index (χ4n) is 5.72. The topological polar surface area (TPSA) is 30.7 Å². The lowest BCUT2D eigenvalue weighted by molar-refractivity contribution is 0.622. The van der Waals surface area contributed by atoms with Gasteiger partial charge < -0.3 is 0 Å². The fourth-order valence-corrected chi connectivity index (χ4v) is 5.72. The minimum atomic E-state index is -0.215. The lowest BCUT2D eigenvalue weighted by atomic mass is 9.75. The van der Waals surface area contributed by atoms with Crippen LogP contribution in [0.4, 0.5) is 0 Å². The van der Waals surface area contributed by atoms with Crippen LogP contribution in [0.1, 0.15) is 49.9 Å². The van der Waals surface area contributed by atoms with E-state index in [-0.39, 0.29) is 10.8 Å². The summed E-state index contributed by atoms with van der Waals surface area (Å²) in [5.74, 6) is 0. The highest BCUT2D eigenvalue weighted by atomic mass is 15.5. The van der Waals surface area contributed by atoms with Crippen molar-refractivity contribution in [2.45, 2.75) is 38.5 Å². The molecule has 39 heavy (non-hydrogen) atoms. The van der Waals surface area contributed by atoms with Crippen molar-refractivity contribution in [1.29, 1.82) is 0 Å². The van der Waals surface area contributed by atoms with Gasteiger partial charge in [-0.15, -0.1) is 10.2 Å². The van der Waals surface area contributed by atoms with E-state index in [2.05, 4.69) is 155 Å². The molecule has 0 bridgehead atoms. The molecule has 0 N–H and O–H groups in total. The maximum Gasteiger partial charge on any atom is 0.121 e. The van der Waals surface area contributed by atoms with Crippen molar-refractivity contribution < 1.29 is 0 Å². The Hall–Kier alpha value is -4.50. The number of fused-ring (bicyclic) bond motifs is 1. The second-order valence-corrected chi connectivity index (χ2v) is 11.2. The van der Waals surface area contributed by atoms with E-state index in [1.165, 1.54) is 27.8 Å². The van der Waals surface area contributed by atoms with Gasteiger partial charge in [0, 0.05) is 16.4 Å². The molecule has 5 aromatic carbocycles. The Morgan fingerprint density at radius 1 is 0.462 bits per heavy atom. The first-order chi connectivity index (χ1) is 18.9. The Balaban J connectivity index is 1.51. The van der Waals surface area contributed by atoms with Crippen LogP contribution in [0.25, 0.3) is 27.8 Å². The zero-order valence-corrected chi connectivity index (χ0v) is 23.0. The zero-order chi connectivity index (χ0) is 27.0. The van der Waals surface area contributed by atoms with Crippen LogP contribution in [0.5, 0.6) is 0 Å². The number of nitrogens with zero attached hydrogens (tertiary/aromatic N) is 3. The molecule has 0 radical (unpaired) electrons. The Labute approximate surface area is 230 Å². The van der Waals surface area contributed by atoms with Gasteiger partial charge in [-0.05, 0) is 39.9 Å². The number of hydrogen-bond acceptors (Lipinski definition) is 2. The summed E-state index contributed by atoms with van der Waals surface area (Å²) in [6, 6.07) is 44.8. The van der Waals surface area contributed by atoms with Crippen LogP contribution in [-0.2, 0) is 10.8 Å². The molecule has 0 aliphatic heterocycles. The molecular formula is C36H33N3. The first-order valence-electron chi connectivity index (χ1n) is 13.5. The summed E-state index contributed by atoms with van der Waals surface area (Å²) in [6.45, 7) is 9.11. The molecule has 0 spiro atoms. The molecule has 0 fully saturated rings. The summed E-state index contributed by atoms with van der Waals surface area (Å²) in [4.78, 5) is 1.82. The average Bonchev–Trinajstić information content (AvgIpc) is 3.43. The first kappa shape index (κ1) is 24.8. The second kappa shape index (κ2) is 9.67. The molecule has 0 aliphatic carbocycles. The van der Waals surface area contributed by atoms with Crippen molar-refractivity contribution in [1.82, 2.24) is 15.0 Å². The first-order valence-corrected chi connectivity index (χ1v) is 13.5. The maximum atomic E-state index is 5.13. The molecular weight excluding hydrogens is 474 g/mol. The van der Waals surface area contributed by atoms with Gasteiger partial charge in [-0.25, -0.2) is 0 Å². The molecule has 3 nitrogen and oxygen atoms in total. The molecule has 0 aliphatic rings. The lowest BCUT2D eigenvalue weighted by Gasteiger charge is -2.29. The molecule has 6 rings (SSSR count). The molecule has 1 heterocycles. The molecule has 6 aromatic rings. The standard InChI is InChI=1S/C36H33N3/c1-35(2,26-16-7-5-8-17-26)30-22-12-11-20-28(30)29-21-15-24-32-34(29)38-39(37-32)33-25-14-13-23-31(33)36(3,4)27-18-9-6-10-19-27/h5-25H,1-4H3. The summed E-state index contributed by atoms with van der Waals surface area (Å²) < 4.78 is 0. The van der Waals surface area contributed by atoms with E-state index in [4.69, 9.17) is 10.2 Å². The molecule has 0 saturated heterocycles. The van der Waals surface area contributed by atoms with Crippen molar-refractivity contribution in [3.8, 4) is 16.8 Å². The largest absolute Gasteiger partial charge is 0.150 e. The molecule has 192 valence electrons. The van der Waals surface area contributed by atoms with Gasteiger partial charge in [-0.3, -0.25) is 0 Å². The minimum absolute atomic E-state index is 0.178. The average molecular weight is 508 g/mol. The third kappa shape index (κ3) is 4.34. The number of hydrogen-bond donors (Lipinski definition) is 0. The molecule has 3 heteroatoms. The van der Waals surface area contributed by atoms with Crippen molar-refractivity contribution in [3.05, 3.63) is 150 Å². The molecule has 0 saturated carbocycles. The van der Waals surface area contributed by atoms with Crippen LogP contribution in [0, 0.1) is 0 Å². The van der Waals surface area contributed by atoms with Gasteiger partial charge in [0.15, 0.2) is 0 Å². The van der Waals surface area contributed by atoms with Crippen LogP contribution in [0.3, 0.4) is 0 Å². The van der Waals surface area contributed by atoms with E-state index in [0.29, 0.717) is 0 Å². The maximum absolute atomic E-state index is 5.13. The van der Waals surface area contributed by atoms with Gasteiger partial charge in [0.2, 0.25) is 0 Å². The summed E-state index contributed by atoms with van der Waals surface area (Å²) in [6.07, 6.45) is 0. The number of benzene rings is 5. The van der Waals surface area contributed by atoms with Gasteiger partial charge in [-0.1, -0.05) is 143 Å². The molecule has 1 aromatic heterocycles. The molecule has 0 amide bonds. The summed E-state index contributed by atoms with van der Waals surface area (Å²) in [5.41, 5.74) is 9.65. The quantitative estimate of drug-likeness (QED) is 0.226. The van der Waals surface area contributed by atoms with E-state index in [1.54, 1.807) is 0 Å². The normalized spacial score (nSPS) is 12.1. The Morgan fingerprint density at radius 2 is 0.974 bits per heavy atom. The van der Waals surface area contributed by atoms with Gasteiger partial charge in [0.25, 0.3) is 0 Å². The summed E-state index contributed by atoms with van der Waals surface area (Å²) in [5, 5.41) is 10.1. The second-order valence-electron chi connectivity index (χ2n) is 11.2. The predicted molar refractivity (Wildman–Crippen MR) is 161 cm³/mol. The Morgan fingerprint density at radius 3 is 1.64 bits per heavy atom. The zero-order valence-electron chi connectivity index (χ0n) is 23.0. The molecule has 0 unspecified atom stereocenters. The van der Waals surface area contributed by atoms with Crippen molar-refractivity contribution in [3.63, 3.8) is 0 Å². The predicted octanol–water partition coefficient (Wildman–Crippen LogP) is 8.74. The van der Waals surface area contributed by atoms with E-state index in [0.717, 1.165) is 22.3 Å². The SMILES string of the molecule is CC(C)(c1ccccc1)c1ccccc1-c1cccc2nn(-c3ccccc3C(C)(C)c3ccccc3)nc12.